The number of nitrogens with zero attached hydrogens (tertiary/aromatic N) is 1. The van der Waals surface area contributed by atoms with Crippen LogP contribution in [0.15, 0.2) is 58.5 Å². The fourth-order valence-corrected chi connectivity index (χ4v) is 4.83. The lowest BCUT2D eigenvalue weighted by molar-refractivity contribution is 0.233. The number of hydrogen-bond donors (Lipinski definition) is 3. The molecule has 1 fully saturated rings. The third-order valence-electron chi connectivity index (χ3n) is 5.82. The summed E-state index contributed by atoms with van der Waals surface area (Å²) in [5.41, 5.74) is 1.55. The lowest BCUT2D eigenvalue weighted by atomic mass is 9.87. The number of aryl methyl sites for hydroxylation is 1. The maximum absolute atomic E-state index is 12.2. The zero-order valence-electron chi connectivity index (χ0n) is 19.2. The number of urea groups is 1. The van der Waals surface area contributed by atoms with Gasteiger partial charge >= 0.3 is 6.03 Å². The number of aromatic nitrogens is 2. The normalized spacial score (nSPS) is 18.0. The molecule has 0 spiro atoms. The number of nitrogens with one attached hydrogen (secondary N) is 3. The molecule has 1 aliphatic rings. The van der Waals surface area contributed by atoms with E-state index in [4.69, 9.17) is 11.6 Å². The predicted molar refractivity (Wildman–Crippen MR) is 133 cm³/mol. The van der Waals surface area contributed by atoms with Gasteiger partial charge in [-0.05, 0) is 73.9 Å². The van der Waals surface area contributed by atoms with Crippen molar-refractivity contribution in [2.75, 3.05) is 0 Å². The molecule has 8 nitrogen and oxygen atoms in total. The van der Waals surface area contributed by atoms with Gasteiger partial charge < -0.3 is 10.3 Å². The Morgan fingerprint density at radius 3 is 2.44 bits per heavy atom. The second-order valence-electron chi connectivity index (χ2n) is 8.43. The number of carbonyl (C=O) groups is 1. The van der Waals surface area contributed by atoms with Crippen molar-refractivity contribution in [2.45, 2.75) is 56.9 Å². The predicted octanol–water partition coefficient (Wildman–Crippen LogP) is 4.39. The van der Waals surface area contributed by atoms with Crippen LogP contribution in [0.3, 0.4) is 0 Å². The number of carbonyl (C=O) groups excluding carboxylic acids is 1. The van der Waals surface area contributed by atoms with E-state index in [-0.39, 0.29) is 16.5 Å². The van der Waals surface area contributed by atoms with E-state index in [1.807, 2.05) is 6.92 Å². The molecular formula is C24H29ClN4O4S. The maximum atomic E-state index is 12.2. The highest BCUT2D eigenvalue weighted by molar-refractivity contribution is 7.90. The molecule has 1 heterocycles. The van der Waals surface area contributed by atoms with Crippen LogP contribution in [0, 0.1) is 5.92 Å². The first-order chi connectivity index (χ1) is 16.2. The molecule has 3 N–H and O–H groups in total. The summed E-state index contributed by atoms with van der Waals surface area (Å²) in [7, 11) is -3.81. The molecule has 0 radical (unpaired) electrons. The number of fused-ring (bicyclic) bond motifs is 1. The smallest absolute Gasteiger partial charge is 0.328 e. The monoisotopic (exact) mass is 504 g/mol. The van der Waals surface area contributed by atoms with Crippen molar-refractivity contribution >= 4 is 38.6 Å². The summed E-state index contributed by atoms with van der Waals surface area (Å²) in [6, 6.07) is 11.0. The van der Waals surface area contributed by atoms with Crippen molar-refractivity contribution in [3.63, 3.8) is 0 Å². The first kappa shape index (κ1) is 25.7. The zero-order chi connectivity index (χ0) is 24.7. The van der Waals surface area contributed by atoms with Gasteiger partial charge in [0.1, 0.15) is 0 Å². The summed E-state index contributed by atoms with van der Waals surface area (Å²) in [6.07, 6.45) is 6.15. The van der Waals surface area contributed by atoms with Gasteiger partial charge in [0.15, 0.2) is 0 Å². The van der Waals surface area contributed by atoms with Gasteiger partial charge in [-0.25, -0.2) is 22.9 Å². The van der Waals surface area contributed by atoms with Gasteiger partial charge in [-0.3, -0.25) is 4.79 Å². The fraction of sp³-hybridized carbons (Fsp3) is 0.375. The molecule has 0 unspecified atom stereocenters. The van der Waals surface area contributed by atoms with Gasteiger partial charge in [0.2, 0.25) is 0 Å². The summed E-state index contributed by atoms with van der Waals surface area (Å²) in [5, 5.41) is 3.82. The summed E-state index contributed by atoms with van der Waals surface area (Å²) < 4.78 is 26.4. The molecule has 2 aromatic carbocycles. The Morgan fingerprint density at radius 1 is 1.12 bits per heavy atom. The average Bonchev–Trinajstić information content (AvgIpc) is 2.81. The molecule has 182 valence electrons. The molecule has 1 aliphatic carbocycles. The van der Waals surface area contributed by atoms with E-state index in [1.165, 1.54) is 18.5 Å². The van der Waals surface area contributed by atoms with Gasteiger partial charge in [-0.1, -0.05) is 37.6 Å². The molecule has 1 saturated carbocycles. The standard InChI is InChI=1S/C16H24N2O3S.C8H5ClN2O/c1-3-13-6-10-15(11-7-13)22(20,21)18-16(19)17-14-8-4-12(2)5-9-14;9-5-1-2-7-6(3-5)8(12)11-4-10-7/h6-7,10-12,14H,3-5,8-9H2,1-2H3,(H2,17,18,19);1-4H,(H,10,11,12). The molecule has 0 aliphatic heterocycles. The summed E-state index contributed by atoms with van der Waals surface area (Å²) in [5.74, 6) is 0.682. The van der Waals surface area contributed by atoms with Crippen LogP contribution in [0.5, 0.6) is 0 Å². The third-order valence-corrected chi connectivity index (χ3v) is 7.40. The van der Waals surface area contributed by atoms with Gasteiger partial charge in [-0.15, -0.1) is 0 Å². The largest absolute Gasteiger partial charge is 0.335 e. The van der Waals surface area contributed by atoms with Crippen molar-refractivity contribution in [2.24, 2.45) is 5.92 Å². The van der Waals surface area contributed by atoms with Crippen molar-refractivity contribution in [1.82, 2.24) is 20.0 Å². The topological polar surface area (TPSA) is 121 Å². The third kappa shape index (κ3) is 7.04. The van der Waals surface area contributed by atoms with E-state index < -0.39 is 16.1 Å². The Balaban J connectivity index is 0.000000226. The quantitative estimate of drug-likeness (QED) is 0.486. The molecule has 34 heavy (non-hydrogen) atoms. The highest BCUT2D eigenvalue weighted by Crippen LogP contribution is 2.23. The number of rotatable bonds is 4. The maximum Gasteiger partial charge on any atom is 0.328 e. The lowest BCUT2D eigenvalue weighted by Gasteiger charge is -2.26. The van der Waals surface area contributed by atoms with Crippen LogP contribution in [0.4, 0.5) is 4.79 Å². The number of amides is 2. The summed E-state index contributed by atoms with van der Waals surface area (Å²) in [6.45, 7) is 4.20. The van der Waals surface area contributed by atoms with Crippen LogP contribution >= 0.6 is 11.6 Å². The molecule has 1 aromatic heterocycles. The Labute approximate surface area is 204 Å². The molecule has 0 atom stereocenters. The number of hydrogen-bond acceptors (Lipinski definition) is 5. The molecule has 0 bridgehead atoms. The first-order valence-electron chi connectivity index (χ1n) is 11.2. The summed E-state index contributed by atoms with van der Waals surface area (Å²) in [4.78, 5) is 29.6. The van der Waals surface area contributed by atoms with E-state index in [0.29, 0.717) is 21.8 Å². The van der Waals surface area contributed by atoms with Crippen molar-refractivity contribution < 1.29 is 13.2 Å². The number of aromatic amines is 1. The minimum Gasteiger partial charge on any atom is -0.335 e. The van der Waals surface area contributed by atoms with Crippen LogP contribution in [0.2, 0.25) is 5.02 Å². The van der Waals surface area contributed by atoms with Gasteiger partial charge in [0.05, 0.1) is 22.1 Å². The second kappa shape index (κ2) is 11.5. The van der Waals surface area contributed by atoms with E-state index in [1.54, 1.807) is 30.3 Å². The van der Waals surface area contributed by atoms with Crippen LogP contribution in [0.25, 0.3) is 10.9 Å². The van der Waals surface area contributed by atoms with E-state index >= 15 is 0 Å². The van der Waals surface area contributed by atoms with Crippen LogP contribution < -0.4 is 15.6 Å². The Kier molecular flexibility index (Phi) is 8.68. The highest BCUT2D eigenvalue weighted by atomic mass is 35.5. The van der Waals surface area contributed by atoms with Gasteiger partial charge in [-0.2, -0.15) is 0 Å². The number of halogens is 1. The minimum atomic E-state index is -3.81. The SMILES string of the molecule is CCc1ccc(S(=O)(=O)NC(=O)NC2CCC(C)CC2)cc1.O=c1[nH]cnc2ccc(Cl)cc12. The second-order valence-corrected chi connectivity index (χ2v) is 10.5. The van der Waals surface area contributed by atoms with Crippen molar-refractivity contribution in [3.05, 3.63) is 69.7 Å². The average molecular weight is 505 g/mol. The zero-order valence-corrected chi connectivity index (χ0v) is 20.7. The number of H-pyrrole nitrogens is 1. The van der Waals surface area contributed by atoms with Gasteiger partial charge in [0, 0.05) is 11.1 Å². The summed E-state index contributed by atoms with van der Waals surface area (Å²) >= 11 is 5.71. The molecule has 10 heteroatoms. The van der Waals surface area contributed by atoms with Crippen LogP contribution in [-0.2, 0) is 16.4 Å². The van der Waals surface area contributed by atoms with E-state index in [2.05, 4.69) is 26.9 Å². The Bertz CT molecular complexity index is 1280. The van der Waals surface area contributed by atoms with Crippen molar-refractivity contribution in [1.29, 1.82) is 0 Å². The molecule has 2 amide bonds. The number of benzene rings is 2. The van der Waals surface area contributed by atoms with E-state index in [0.717, 1.165) is 37.7 Å². The molecule has 4 rings (SSSR count). The Morgan fingerprint density at radius 2 is 1.79 bits per heavy atom. The fourth-order valence-electron chi connectivity index (χ4n) is 3.75. The van der Waals surface area contributed by atoms with Gasteiger partial charge in [0.25, 0.3) is 15.6 Å². The first-order valence-corrected chi connectivity index (χ1v) is 13.1. The molecular weight excluding hydrogens is 476 g/mol. The minimum absolute atomic E-state index is 0.0638. The Hall–Kier alpha value is -2.91. The molecule has 0 saturated heterocycles. The lowest BCUT2D eigenvalue weighted by Crippen LogP contribution is -2.45. The van der Waals surface area contributed by atoms with Crippen LogP contribution in [-0.4, -0.2) is 30.5 Å². The molecule has 3 aromatic rings. The van der Waals surface area contributed by atoms with E-state index in [9.17, 15) is 18.0 Å². The van der Waals surface area contributed by atoms with Crippen molar-refractivity contribution in [3.8, 4) is 0 Å². The number of sulfonamides is 1. The van der Waals surface area contributed by atoms with Crippen LogP contribution in [0.1, 0.15) is 45.1 Å². The highest BCUT2D eigenvalue weighted by Gasteiger charge is 2.22.